The van der Waals surface area contributed by atoms with E-state index in [1.54, 1.807) is 19.9 Å². The first-order valence-electron chi connectivity index (χ1n) is 15.1. The summed E-state index contributed by atoms with van der Waals surface area (Å²) in [5.41, 5.74) is 6.28. The van der Waals surface area contributed by atoms with Crippen molar-refractivity contribution in [3.8, 4) is 16.9 Å². The molecule has 1 amide bonds. The molecule has 0 aliphatic heterocycles. The Balaban J connectivity index is 1.39. The third-order valence-electron chi connectivity index (χ3n) is 10.5. The van der Waals surface area contributed by atoms with Crippen molar-refractivity contribution in [1.29, 1.82) is 0 Å². The normalized spacial score (nSPS) is 31.2. The number of rotatable bonds is 5. The van der Waals surface area contributed by atoms with Gasteiger partial charge < -0.3 is 15.9 Å². The lowest BCUT2D eigenvalue weighted by molar-refractivity contribution is -0.182. The number of aliphatic hydroxyl groups is 1. The molecule has 0 heterocycles. The van der Waals surface area contributed by atoms with Crippen LogP contribution in [0.3, 0.4) is 0 Å². The van der Waals surface area contributed by atoms with Gasteiger partial charge in [0.05, 0.1) is 11.5 Å². The number of ketones is 4. The highest BCUT2D eigenvalue weighted by Crippen LogP contribution is 2.53. The van der Waals surface area contributed by atoms with Crippen molar-refractivity contribution >= 4 is 29.0 Å². The molecule has 2 aromatic carbocycles. The number of nitrogens with two attached hydrogens (primary N) is 1. The van der Waals surface area contributed by atoms with Gasteiger partial charge in [-0.15, -0.1) is 0 Å². The van der Waals surface area contributed by atoms with Gasteiger partial charge in [0.25, 0.3) is 0 Å². The number of carbonyl (C=O) groups is 5. The molecule has 3 unspecified atom stereocenters. The molecule has 2 aromatic rings. The van der Waals surface area contributed by atoms with Crippen LogP contribution in [-0.4, -0.2) is 44.9 Å². The number of hydrogen-bond acceptors (Lipinski definition) is 7. The van der Waals surface area contributed by atoms with E-state index in [-0.39, 0.29) is 30.1 Å². The highest BCUT2D eigenvalue weighted by Gasteiger charge is 2.69. The van der Waals surface area contributed by atoms with E-state index in [1.807, 2.05) is 12.1 Å². The van der Waals surface area contributed by atoms with Crippen LogP contribution in [0, 0.1) is 41.4 Å². The molecule has 0 aromatic heterocycles. The maximum atomic E-state index is 14.0. The Morgan fingerprint density at radius 2 is 1.67 bits per heavy atom. The Morgan fingerprint density at radius 1 is 1.00 bits per heavy atom. The Hall–Kier alpha value is -3.65. The molecule has 8 heteroatoms. The molecule has 6 atom stereocenters. The van der Waals surface area contributed by atoms with Crippen LogP contribution >= 0.6 is 0 Å². The average Bonchev–Trinajstić information content (AvgIpc) is 3.44. The highest BCUT2D eigenvalue weighted by molar-refractivity contribution is 6.32. The molecule has 0 radical (unpaired) electrons. The highest BCUT2D eigenvalue weighted by atomic mass is 16.3. The first-order valence-corrected chi connectivity index (χ1v) is 15.1. The van der Waals surface area contributed by atoms with E-state index in [0.29, 0.717) is 11.5 Å². The minimum absolute atomic E-state index is 0.0189. The van der Waals surface area contributed by atoms with E-state index >= 15 is 0 Å². The molecular formula is C34H37NO7. The van der Waals surface area contributed by atoms with Gasteiger partial charge in [-0.25, -0.2) is 0 Å². The van der Waals surface area contributed by atoms with Crippen LogP contribution in [0.5, 0.6) is 5.75 Å². The molecule has 3 saturated carbocycles. The number of phenolic OH excluding ortho intramolecular Hbond substituents is 1. The van der Waals surface area contributed by atoms with Crippen LogP contribution in [0.4, 0.5) is 0 Å². The first-order chi connectivity index (χ1) is 19.9. The van der Waals surface area contributed by atoms with E-state index in [0.717, 1.165) is 17.5 Å². The molecule has 6 rings (SSSR count). The summed E-state index contributed by atoms with van der Waals surface area (Å²) in [6.45, 7) is 3.47. The van der Waals surface area contributed by atoms with Crippen molar-refractivity contribution in [3.05, 3.63) is 53.1 Å². The topological polar surface area (TPSA) is 152 Å². The Morgan fingerprint density at radius 3 is 2.29 bits per heavy atom. The van der Waals surface area contributed by atoms with Crippen molar-refractivity contribution in [1.82, 2.24) is 0 Å². The summed E-state index contributed by atoms with van der Waals surface area (Å²) in [5, 5.41) is 22.6. The fraction of sp³-hybridized carbons (Fsp3) is 0.500. The van der Waals surface area contributed by atoms with Gasteiger partial charge in [-0.1, -0.05) is 69.9 Å². The number of carbonyl (C=O) groups excluding carboxylic acids is 5. The fourth-order valence-electron chi connectivity index (χ4n) is 8.49. The quantitative estimate of drug-likeness (QED) is 0.464. The summed E-state index contributed by atoms with van der Waals surface area (Å²) in [6, 6.07) is 11.5. The monoisotopic (exact) mass is 571 g/mol. The van der Waals surface area contributed by atoms with Gasteiger partial charge in [-0.3, -0.25) is 24.0 Å². The number of aromatic hydroxyl groups is 1. The molecule has 4 aliphatic carbocycles. The summed E-state index contributed by atoms with van der Waals surface area (Å²) in [4.78, 5) is 66.9. The number of phenols is 1. The molecular weight excluding hydrogens is 534 g/mol. The van der Waals surface area contributed by atoms with Gasteiger partial charge in [0.2, 0.25) is 5.91 Å². The Labute approximate surface area is 244 Å². The lowest BCUT2D eigenvalue weighted by Gasteiger charge is -2.52. The van der Waals surface area contributed by atoms with E-state index in [4.69, 9.17) is 5.73 Å². The van der Waals surface area contributed by atoms with Crippen molar-refractivity contribution in [2.75, 3.05) is 0 Å². The number of benzene rings is 2. The molecule has 0 bridgehead atoms. The van der Waals surface area contributed by atoms with Crippen LogP contribution in [0.25, 0.3) is 11.1 Å². The molecule has 0 saturated heterocycles. The van der Waals surface area contributed by atoms with Crippen LogP contribution < -0.4 is 5.73 Å². The standard InChI is InChI=1S/C34H37NO7/c1-16(2)25-23-15-20-14-22-21(19-9-7-18(8-10-19)13-17-5-3-4-6-17)11-12-24(36)27(22)30(38)26(20)31(39)34(23,42)32(40)28(29(25)37)33(35)41/h7-12,16-17,20,23,25-26,28,36,42H,3-6,13-15H2,1-2H3,(H2,35,41)/t20-,23-,25?,26?,28?,34-/m1/s1. The Kier molecular flexibility index (Phi) is 6.96. The van der Waals surface area contributed by atoms with Crippen LogP contribution in [0.1, 0.15) is 67.4 Å². The third-order valence-corrected chi connectivity index (χ3v) is 10.5. The maximum Gasteiger partial charge on any atom is 0.235 e. The molecule has 3 fully saturated rings. The SMILES string of the molecule is CC(C)C1C(=O)C(C(N)=O)C(=O)[C@]2(O)C(=O)C3C(=O)c4c(O)ccc(-c5ccc(CC6CCCC6)cc5)c4C[C@@H]3C[C@H]12. The van der Waals surface area contributed by atoms with Gasteiger partial charge in [0.15, 0.2) is 34.7 Å². The summed E-state index contributed by atoms with van der Waals surface area (Å²) in [6.07, 6.45) is 6.43. The lowest BCUT2D eigenvalue weighted by atomic mass is 9.49. The molecule has 0 spiro atoms. The predicted octanol–water partition coefficient (Wildman–Crippen LogP) is 3.61. The maximum absolute atomic E-state index is 14.0. The number of hydrogen-bond donors (Lipinski definition) is 3. The van der Waals surface area contributed by atoms with Crippen molar-refractivity contribution < 1.29 is 34.2 Å². The number of primary amides is 1. The van der Waals surface area contributed by atoms with E-state index in [9.17, 15) is 34.2 Å². The second kappa shape index (κ2) is 10.3. The van der Waals surface area contributed by atoms with Crippen LogP contribution in [-0.2, 0) is 32.0 Å². The number of fused-ring (bicyclic) bond motifs is 3. The van der Waals surface area contributed by atoms with Gasteiger partial charge in [0.1, 0.15) is 5.75 Å². The van der Waals surface area contributed by atoms with Crippen molar-refractivity contribution in [3.63, 3.8) is 0 Å². The summed E-state index contributed by atoms with van der Waals surface area (Å²) in [7, 11) is 0. The number of amides is 1. The lowest BCUT2D eigenvalue weighted by Crippen LogP contribution is -2.71. The van der Waals surface area contributed by atoms with Gasteiger partial charge in [-0.05, 0) is 65.3 Å². The zero-order valence-corrected chi connectivity index (χ0v) is 24.0. The summed E-state index contributed by atoms with van der Waals surface area (Å²) in [5.74, 6) is -10.7. The zero-order valence-electron chi connectivity index (χ0n) is 24.0. The minimum atomic E-state index is -2.68. The third kappa shape index (κ3) is 4.17. The van der Waals surface area contributed by atoms with E-state index in [2.05, 4.69) is 12.1 Å². The summed E-state index contributed by atoms with van der Waals surface area (Å²) < 4.78 is 0. The number of Topliss-reactive ketones (excluding diaryl/α,β-unsaturated/α-hetero) is 4. The largest absolute Gasteiger partial charge is 0.507 e. The van der Waals surface area contributed by atoms with Gasteiger partial charge in [0, 0.05) is 11.8 Å². The van der Waals surface area contributed by atoms with Crippen molar-refractivity contribution in [2.24, 2.45) is 47.2 Å². The predicted molar refractivity (Wildman–Crippen MR) is 153 cm³/mol. The average molecular weight is 572 g/mol. The molecule has 4 N–H and O–H groups in total. The fourth-order valence-corrected chi connectivity index (χ4v) is 8.49. The van der Waals surface area contributed by atoms with E-state index in [1.165, 1.54) is 37.3 Å². The van der Waals surface area contributed by atoms with Gasteiger partial charge >= 0.3 is 0 Å². The van der Waals surface area contributed by atoms with Crippen LogP contribution in [0.2, 0.25) is 0 Å². The molecule has 42 heavy (non-hydrogen) atoms. The van der Waals surface area contributed by atoms with Crippen molar-refractivity contribution in [2.45, 2.75) is 64.4 Å². The van der Waals surface area contributed by atoms with Gasteiger partial charge in [-0.2, -0.15) is 0 Å². The molecule has 8 nitrogen and oxygen atoms in total. The molecule has 220 valence electrons. The Bertz CT molecular complexity index is 1500. The smallest absolute Gasteiger partial charge is 0.235 e. The second-order valence-corrected chi connectivity index (χ2v) is 13.2. The molecule has 4 aliphatic rings. The first kappa shape index (κ1) is 28.5. The summed E-state index contributed by atoms with van der Waals surface area (Å²) >= 11 is 0. The second-order valence-electron chi connectivity index (χ2n) is 13.2. The van der Waals surface area contributed by atoms with Crippen LogP contribution in [0.15, 0.2) is 36.4 Å². The zero-order chi connectivity index (χ0) is 30.1. The van der Waals surface area contributed by atoms with E-state index < -0.39 is 64.2 Å². The minimum Gasteiger partial charge on any atom is -0.507 e.